The topological polar surface area (TPSA) is 63.9 Å². The van der Waals surface area contributed by atoms with E-state index in [9.17, 15) is 0 Å². The molecule has 0 radical (unpaired) electrons. The van der Waals surface area contributed by atoms with Crippen molar-refractivity contribution < 1.29 is 4.42 Å². The molecule has 2 aliphatic carbocycles. The Kier molecular flexibility index (Phi) is 8.04. The molecule has 2 N–H and O–H groups in total. The average molecular weight is 688 g/mol. The van der Waals surface area contributed by atoms with E-state index in [1.165, 1.54) is 49.9 Å². The molecule has 7 aromatic rings. The van der Waals surface area contributed by atoms with Crippen LogP contribution in [-0.2, 0) is 5.41 Å². The van der Waals surface area contributed by atoms with Crippen molar-refractivity contribution in [1.82, 2.24) is 0 Å². The highest BCUT2D eigenvalue weighted by molar-refractivity contribution is 6.11. The Hall–Kier alpha value is -6.26. The van der Waals surface area contributed by atoms with Crippen molar-refractivity contribution >= 4 is 33.6 Å². The lowest BCUT2D eigenvalue weighted by Gasteiger charge is -2.21. The third kappa shape index (κ3) is 5.90. The fourth-order valence-electron chi connectivity index (χ4n) is 8.09. The standard InChI is InChI=1S/C49H41N3O/c1-31(51-48(35-15-8-5-9-16-35)52-47(50)34-13-6-4-7-14-34)32-21-23-33(24-22-32)36-17-12-18-37(27-36)38-25-26-43-40(28-38)41-29-42-39-19-10-11-20-45(39)53-46(42)30-44(41)49(43,2)3/h4-23,25-31,33H,24H2,1-3H3,(H2,50,51,52). The van der Waals surface area contributed by atoms with Crippen LogP contribution in [0.4, 0.5) is 0 Å². The summed E-state index contributed by atoms with van der Waals surface area (Å²) in [6.45, 7) is 6.78. The number of furan rings is 1. The van der Waals surface area contributed by atoms with Gasteiger partial charge in [-0.2, -0.15) is 0 Å². The van der Waals surface area contributed by atoms with Gasteiger partial charge in [0.2, 0.25) is 0 Å². The molecule has 0 bridgehead atoms. The maximum atomic E-state index is 6.45. The second kappa shape index (κ2) is 13.1. The van der Waals surface area contributed by atoms with Crippen LogP contribution >= 0.6 is 0 Å². The van der Waals surface area contributed by atoms with Gasteiger partial charge < -0.3 is 10.2 Å². The summed E-state index contributed by atoms with van der Waals surface area (Å²) in [5.41, 5.74) is 20.3. The highest BCUT2D eigenvalue weighted by atomic mass is 16.3. The molecule has 0 spiro atoms. The molecular weight excluding hydrogens is 647 g/mol. The van der Waals surface area contributed by atoms with E-state index in [1.54, 1.807) is 0 Å². The zero-order valence-corrected chi connectivity index (χ0v) is 30.3. The number of amidine groups is 2. The second-order valence-corrected chi connectivity index (χ2v) is 14.8. The number of allylic oxidation sites excluding steroid dienone is 2. The highest BCUT2D eigenvalue weighted by Gasteiger charge is 2.36. The molecule has 9 rings (SSSR count). The summed E-state index contributed by atoms with van der Waals surface area (Å²) in [6, 6.07) is 48.8. The normalized spacial score (nSPS) is 17.1. The fraction of sp³-hybridized carbons (Fsp3) is 0.143. The van der Waals surface area contributed by atoms with Crippen LogP contribution in [0.3, 0.4) is 0 Å². The minimum atomic E-state index is -0.112. The van der Waals surface area contributed by atoms with Crippen LogP contribution in [0, 0.1) is 0 Å². The molecule has 0 saturated carbocycles. The lowest BCUT2D eigenvalue weighted by Crippen LogP contribution is -2.17. The lowest BCUT2D eigenvalue weighted by molar-refractivity contribution is 0.647. The molecule has 0 amide bonds. The summed E-state index contributed by atoms with van der Waals surface area (Å²) < 4.78 is 6.29. The number of rotatable bonds is 6. The largest absolute Gasteiger partial charge is 0.456 e. The molecule has 0 saturated heterocycles. The molecule has 53 heavy (non-hydrogen) atoms. The van der Waals surface area contributed by atoms with E-state index in [0.29, 0.717) is 11.7 Å². The third-order valence-corrected chi connectivity index (χ3v) is 11.1. The van der Waals surface area contributed by atoms with Crippen molar-refractivity contribution in [2.75, 3.05) is 0 Å². The SMILES string of the molecule is CC(N=C(N=C(N)c1ccccc1)c1ccccc1)C1=CCC(c2cccc(-c3ccc4c(c3)-c3cc5c(cc3C4(C)C)oc3ccccc35)c2)C=C1. The first-order chi connectivity index (χ1) is 25.8. The molecular formula is C49H41N3O. The number of nitrogens with zero attached hydrogens (tertiary/aromatic N) is 2. The lowest BCUT2D eigenvalue weighted by atomic mass is 9.82. The average Bonchev–Trinajstić information content (AvgIpc) is 3.68. The number of hydrogen-bond acceptors (Lipinski definition) is 2. The van der Waals surface area contributed by atoms with E-state index in [4.69, 9.17) is 20.1 Å². The van der Waals surface area contributed by atoms with Gasteiger partial charge in [0.1, 0.15) is 17.0 Å². The van der Waals surface area contributed by atoms with Gasteiger partial charge in [-0.25, -0.2) is 4.99 Å². The number of aliphatic imine (C=N–C) groups is 2. The molecule has 1 aromatic heterocycles. The van der Waals surface area contributed by atoms with Gasteiger partial charge in [0, 0.05) is 33.2 Å². The van der Waals surface area contributed by atoms with Gasteiger partial charge in [0.15, 0.2) is 5.84 Å². The van der Waals surface area contributed by atoms with Gasteiger partial charge in [-0.1, -0.05) is 147 Å². The van der Waals surface area contributed by atoms with Crippen LogP contribution in [0.1, 0.15) is 60.9 Å². The summed E-state index contributed by atoms with van der Waals surface area (Å²) >= 11 is 0. The molecule has 2 atom stereocenters. The number of para-hydroxylation sites is 1. The van der Waals surface area contributed by atoms with E-state index >= 15 is 0 Å². The quantitative estimate of drug-likeness (QED) is 0.140. The number of nitrogens with two attached hydrogens (primary N) is 1. The Morgan fingerprint density at radius 3 is 2.19 bits per heavy atom. The fourth-order valence-corrected chi connectivity index (χ4v) is 8.09. The molecule has 2 aliphatic rings. The molecule has 0 aliphatic heterocycles. The van der Waals surface area contributed by atoms with Crippen molar-refractivity contribution in [2.24, 2.45) is 15.7 Å². The highest BCUT2D eigenvalue weighted by Crippen LogP contribution is 2.51. The van der Waals surface area contributed by atoms with E-state index in [0.717, 1.165) is 34.1 Å². The van der Waals surface area contributed by atoms with Gasteiger partial charge in [0.05, 0.1) is 6.04 Å². The Balaban J connectivity index is 0.984. The van der Waals surface area contributed by atoms with Crippen LogP contribution in [0.15, 0.2) is 178 Å². The number of hydrogen-bond donors (Lipinski definition) is 1. The maximum absolute atomic E-state index is 6.45. The monoisotopic (exact) mass is 687 g/mol. The van der Waals surface area contributed by atoms with Crippen molar-refractivity contribution in [1.29, 1.82) is 0 Å². The van der Waals surface area contributed by atoms with Crippen molar-refractivity contribution in [3.05, 3.63) is 191 Å². The van der Waals surface area contributed by atoms with Gasteiger partial charge in [-0.3, -0.25) is 4.99 Å². The van der Waals surface area contributed by atoms with Gasteiger partial charge in [-0.05, 0) is 82.1 Å². The molecule has 6 aromatic carbocycles. The molecule has 4 heteroatoms. The Bertz CT molecular complexity index is 2640. The summed E-state index contributed by atoms with van der Waals surface area (Å²) in [6.07, 6.45) is 7.79. The minimum Gasteiger partial charge on any atom is -0.456 e. The van der Waals surface area contributed by atoms with Crippen molar-refractivity contribution in [3.8, 4) is 22.3 Å². The van der Waals surface area contributed by atoms with Crippen LogP contribution in [0.5, 0.6) is 0 Å². The van der Waals surface area contributed by atoms with E-state index in [-0.39, 0.29) is 17.4 Å². The summed E-state index contributed by atoms with van der Waals surface area (Å²) in [7, 11) is 0. The van der Waals surface area contributed by atoms with Gasteiger partial charge in [0.25, 0.3) is 0 Å². The Labute approximate surface area is 310 Å². The van der Waals surface area contributed by atoms with E-state index in [2.05, 4.69) is 112 Å². The molecule has 0 fully saturated rings. The van der Waals surface area contributed by atoms with Crippen LogP contribution in [-0.4, -0.2) is 17.7 Å². The number of benzene rings is 6. The predicted octanol–water partition coefficient (Wildman–Crippen LogP) is 11.8. The molecule has 2 unspecified atom stereocenters. The van der Waals surface area contributed by atoms with E-state index in [1.807, 2.05) is 66.7 Å². The first-order valence-electron chi connectivity index (χ1n) is 18.5. The predicted molar refractivity (Wildman–Crippen MR) is 221 cm³/mol. The van der Waals surface area contributed by atoms with Crippen LogP contribution in [0.2, 0.25) is 0 Å². The van der Waals surface area contributed by atoms with E-state index < -0.39 is 0 Å². The summed E-state index contributed by atoms with van der Waals surface area (Å²) in [4.78, 5) is 9.90. The zero-order valence-electron chi connectivity index (χ0n) is 30.3. The van der Waals surface area contributed by atoms with Gasteiger partial charge >= 0.3 is 0 Å². The Morgan fingerprint density at radius 2 is 1.42 bits per heavy atom. The van der Waals surface area contributed by atoms with Crippen molar-refractivity contribution in [2.45, 2.75) is 44.6 Å². The second-order valence-electron chi connectivity index (χ2n) is 14.8. The molecule has 4 nitrogen and oxygen atoms in total. The Morgan fingerprint density at radius 1 is 0.698 bits per heavy atom. The first kappa shape index (κ1) is 32.6. The van der Waals surface area contributed by atoms with Crippen LogP contribution in [0.25, 0.3) is 44.2 Å². The van der Waals surface area contributed by atoms with Crippen molar-refractivity contribution in [3.63, 3.8) is 0 Å². The molecule has 1 heterocycles. The maximum Gasteiger partial charge on any atom is 0.157 e. The summed E-state index contributed by atoms with van der Waals surface area (Å²) in [5.74, 6) is 1.37. The summed E-state index contributed by atoms with van der Waals surface area (Å²) in [5, 5.41) is 2.34. The number of fused-ring (bicyclic) bond motifs is 6. The molecule has 258 valence electrons. The first-order valence-corrected chi connectivity index (χ1v) is 18.5. The third-order valence-electron chi connectivity index (χ3n) is 11.1. The van der Waals surface area contributed by atoms with Crippen LogP contribution < -0.4 is 5.73 Å². The minimum absolute atomic E-state index is 0.0825. The van der Waals surface area contributed by atoms with Gasteiger partial charge in [-0.15, -0.1) is 0 Å². The zero-order chi connectivity index (χ0) is 36.1. The smallest absolute Gasteiger partial charge is 0.157 e.